The first kappa shape index (κ1) is 24.8. The van der Waals surface area contributed by atoms with Crippen molar-refractivity contribution in [2.75, 3.05) is 6.61 Å². The van der Waals surface area contributed by atoms with E-state index < -0.39 is 20.0 Å². The van der Waals surface area contributed by atoms with Crippen molar-refractivity contribution in [3.8, 4) is 0 Å². The third-order valence-electron chi connectivity index (χ3n) is 4.18. The average Bonchev–Trinajstić information content (AvgIpc) is 2.56. The first-order chi connectivity index (χ1) is 11.9. The third-order valence-corrected chi connectivity index (χ3v) is 4.67. The third kappa shape index (κ3) is 18.4. The standard InChI is InChI=1S/C18H38NO5P/c1-2-3-4-5-6-7-8-9-10-11-12-13-14-15-18(20)17(19)16-24-25(21,22)23/h14-15,17-18,20H,2-13,16,19H2,1H3,(H2,21,22,23)/b15-14-/t17-,18?/m0/s1. The van der Waals surface area contributed by atoms with Crippen molar-refractivity contribution < 1.29 is 24.0 Å². The highest BCUT2D eigenvalue weighted by atomic mass is 31.2. The van der Waals surface area contributed by atoms with Crippen LogP contribution < -0.4 is 5.73 Å². The molecule has 0 aromatic rings. The highest BCUT2D eigenvalue weighted by Gasteiger charge is 2.19. The zero-order valence-corrected chi connectivity index (χ0v) is 16.6. The van der Waals surface area contributed by atoms with Crippen LogP contribution in [0.2, 0.25) is 0 Å². The minimum absolute atomic E-state index is 0.381. The van der Waals surface area contributed by atoms with Gasteiger partial charge in [-0.3, -0.25) is 4.52 Å². The Kier molecular flexibility index (Phi) is 15.8. The van der Waals surface area contributed by atoms with E-state index in [0.717, 1.165) is 12.8 Å². The van der Waals surface area contributed by atoms with Crippen LogP contribution in [0, 0.1) is 0 Å². The molecule has 150 valence electrons. The molecule has 0 rings (SSSR count). The molecule has 0 saturated carbocycles. The summed E-state index contributed by atoms with van der Waals surface area (Å²) in [5, 5.41) is 9.75. The van der Waals surface area contributed by atoms with Crippen molar-refractivity contribution in [3.05, 3.63) is 12.2 Å². The molecule has 1 unspecified atom stereocenters. The SMILES string of the molecule is CCCCCCCCCCCCC/C=C\C(O)[C@@H](N)COP(=O)(O)O. The Morgan fingerprint density at radius 2 is 1.44 bits per heavy atom. The molecule has 0 radical (unpaired) electrons. The topological polar surface area (TPSA) is 113 Å². The van der Waals surface area contributed by atoms with Crippen LogP contribution in [-0.4, -0.2) is 33.6 Å². The molecule has 0 aliphatic heterocycles. The highest BCUT2D eigenvalue weighted by molar-refractivity contribution is 7.46. The minimum atomic E-state index is -4.53. The maximum atomic E-state index is 10.6. The normalized spacial score (nSPS) is 14.9. The van der Waals surface area contributed by atoms with Gasteiger partial charge in [0.15, 0.2) is 0 Å². The van der Waals surface area contributed by atoms with Gasteiger partial charge in [-0.2, -0.15) is 0 Å². The van der Waals surface area contributed by atoms with Gasteiger partial charge in [-0.25, -0.2) is 4.57 Å². The molecular weight excluding hydrogens is 341 g/mol. The summed E-state index contributed by atoms with van der Waals surface area (Å²) < 4.78 is 14.8. The molecule has 0 fully saturated rings. The average molecular weight is 379 g/mol. The summed E-state index contributed by atoms with van der Waals surface area (Å²) >= 11 is 0. The van der Waals surface area contributed by atoms with E-state index in [1.54, 1.807) is 6.08 Å². The summed E-state index contributed by atoms with van der Waals surface area (Å²) in [7, 11) is -4.53. The van der Waals surface area contributed by atoms with Gasteiger partial charge >= 0.3 is 7.82 Å². The molecule has 6 nitrogen and oxygen atoms in total. The first-order valence-corrected chi connectivity index (χ1v) is 11.2. The van der Waals surface area contributed by atoms with Crippen LogP contribution >= 0.6 is 7.82 Å². The van der Waals surface area contributed by atoms with E-state index in [4.69, 9.17) is 15.5 Å². The molecule has 0 saturated heterocycles. The summed E-state index contributed by atoms with van der Waals surface area (Å²) in [6.07, 6.45) is 17.6. The van der Waals surface area contributed by atoms with Crippen molar-refractivity contribution in [2.24, 2.45) is 5.73 Å². The zero-order chi connectivity index (χ0) is 19.0. The Morgan fingerprint density at radius 3 is 1.92 bits per heavy atom. The first-order valence-electron chi connectivity index (χ1n) is 9.67. The molecule has 0 aromatic heterocycles. The number of allylic oxidation sites excluding steroid dienone is 1. The molecule has 0 aliphatic carbocycles. The monoisotopic (exact) mass is 379 g/mol. The number of unbranched alkanes of at least 4 members (excludes halogenated alkanes) is 11. The Balaban J connectivity index is 3.46. The van der Waals surface area contributed by atoms with E-state index in [1.165, 1.54) is 64.2 Å². The summed E-state index contributed by atoms with van der Waals surface area (Å²) in [6.45, 7) is 1.86. The van der Waals surface area contributed by atoms with Gasteiger partial charge in [-0.15, -0.1) is 0 Å². The summed E-state index contributed by atoms with van der Waals surface area (Å²) in [4.78, 5) is 17.2. The van der Waals surface area contributed by atoms with E-state index in [-0.39, 0.29) is 6.61 Å². The lowest BCUT2D eigenvalue weighted by Crippen LogP contribution is -2.37. The second-order valence-electron chi connectivity index (χ2n) is 6.69. The number of rotatable bonds is 17. The van der Waals surface area contributed by atoms with Crippen LogP contribution in [0.4, 0.5) is 0 Å². The van der Waals surface area contributed by atoms with Gasteiger partial charge in [0.1, 0.15) is 0 Å². The molecule has 0 aromatic carbocycles. The van der Waals surface area contributed by atoms with E-state index in [9.17, 15) is 9.67 Å². The summed E-state index contributed by atoms with van der Waals surface area (Å²) in [5.41, 5.74) is 5.60. The molecule has 0 spiro atoms. The van der Waals surface area contributed by atoms with Crippen molar-refractivity contribution >= 4 is 7.82 Å². The molecule has 2 atom stereocenters. The fourth-order valence-corrected chi connectivity index (χ4v) is 2.95. The van der Waals surface area contributed by atoms with Crippen LogP contribution in [0.1, 0.15) is 84.0 Å². The number of aliphatic hydroxyl groups excluding tert-OH is 1. The van der Waals surface area contributed by atoms with Gasteiger partial charge < -0.3 is 20.6 Å². The Morgan fingerprint density at radius 1 is 0.960 bits per heavy atom. The van der Waals surface area contributed by atoms with Crippen molar-refractivity contribution in [1.82, 2.24) is 0 Å². The van der Waals surface area contributed by atoms with Gasteiger partial charge in [-0.05, 0) is 12.8 Å². The molecule has 0 aliphatic rings. The number of phosphoric ester groups is 1. The molecule has 0 bridgehead atoms. The number of aliphatic hydroxyl groups is 1. The maximum Gasteiger partial charge on any atom is 0.469 e. The number of nitrogens with two attached hydrogens (primary N) is 1. The van der Waals surface area contributed by atoms with E-state index in [1.807, 2.05) is 6.08 Å². The molecule has 25 heavy (non-hydrogen) atoms. The number of hydrogen-bond acceptors (Lipinski definition) is 4. The van der Waals surface area contributed by atoms with Gasteiger partial charge in [-0.1, -0.05) is 83.3 Å². The predicted molar refractivity (Wildman–Crippen MR) is 102 cm³/mol. The van der Waals surface area contributed by atoms with E-state index in [0.29, 0.717) is 0 Å². The second-order valence-corrected chi connectivity index (χ2v) is 7.93. The Hall–Kier alpha value is -0.230. The van der Waals surface area contributed by atoms with Crippen LogP contribution in [0.5, 0.6) is 0 Å². The van der Waals surface area contributed by atoms with Crippen LogP contribution in [0.3, 0.4) is 0 Å². The quantitative estimate of drug-likeness (QED) is 0.172. The van der Waals surface area contributed by atoms with Crippen molar-refractivity contribution in [3.63, 3.8) is 0 Å². The lowest BCUT2D eigenvalue weighted by Gasteiger charge is -2.15. The van der Waals surface area contributed by atoms with Crippen LogP contribution in [-0.2, 0) is 9.09 Å². The predicted octanol–water partition coefficient (Wildman–Crippen LogP) is 4.04. The van der Waals surface area contributed by atoms with Crippen LogP contribution in [0.15, 0.2) is 12.2 Å². The van der Waals surface area contributed by atoms with Gasteiger partial charge in [0.2, 0.25) is 0 Å². The smallest absolute Gasteiger partial charge is 0.387 e. The van der Waals surface area contributed by atoms with Crippen LogP contribution in [0.25, 0.3) is 0 Å². The lowest BCUT2D eigenvalue weighted by atomic mass is 10.0. The fraction of sp³-hybridized carbons (Fsp3) is 0.889. The fourth-order valence-electron chi connectivity index (χ4n) is 2.59. The molecule has 5 N–H and O–H groups in total. The molecule has 0 heterocycles. The second kappa shape index (κ2) is 16.0. The van der Waals surface area contributed by atoms with Gasteiger partial charge in [0.05, 0.1) is 18.8 Å². The number of hydrogen-bond donors (Lipinski definition) is 4. The van der Waals surface area contributed by atoms with Crippen molar-refractivity contribution in [1.29, 1.82) is 0 Å². The highest BCUT2D eigenvalue weighted by Crippen LogP contribution is 2.35. The Bertz CT molecular complexity index is 372. The van der Waals surface area contributed by atoms with E-state index >= 15 is 0 Å². The van der Waals surface area contributed by atoms with E-state index in [2.05, 4.69) is 11.4 Å². The van der Waals surface area contributed by atoms with Crippen molar-refractivity contribution in [2.45, 2.75) is 96.1 Å². The Labute approximate surface area is 153 Å². The zero-order valence-electron chi connectivity index (χ0n) is 15.7. The molecular formula is C18H38NO5P. The minimum Gasteiger partial charge on any atom is -0.387 e. The number of phosphoric acid groups is 1. The maximum absolute atomic E-state index is 10.6. The van der Waals surface area contributed by atoms with Gasteiger partial charge in [0.25, 0.3) is 0 Å². The largest absolute Gasteiger partial charge is 0.469 e. The lowest BCUT2D eigenvalue weighted by molar-refractivity contribution is 0.129. The molecule has 7 heteroatoms. The summed E-state index contributed by atoms with van der Waals surface area (Å²) in [5.74, 6) is 0. The molecule has 0 amide bonds. The summed E-state index contributed by atoms with van der Waals surface area (Å²) in [6, 6.07) is -0.846. The van der Waals surface area contributed by atoms with Gasteiger partial charge in [0, 0.05) is 0 Å².